The number of nitrogens with one attached hydrogen (secondary N) is 1. The third kappa shape index (κ3) is 9.11. The van der Waals surface area contributed by atoms with E-state index in [0.717, 1.165) is 29.8 Å². The molecule has 0 saturated heterocycles. The number of amides is 1. The third-order valence-corrected chi connectivity index (χ3v) is 6.95. The fourth-order valence-electron chi connectivity index (χ4n) is 4.11. The summed E-state index contributed by atoms with van der Waals surface area (Å²) in [6.45, 7) is 7.67. The lowest BCUT2D eigenvalue weighted by atomic mass is 9.89. The maximum atomic E-state index is 12.6. The number of hydrogen-bond donors (Lipinski definition) is 2. The van der Waals surface area contributed by atoms with Crippen LogP contribution in [0.5, 0.6) is 0 Å². The molecule has 2 aromatic carbocycles. The van der Waals surface area contributed by atoms with Crippen molar-refractivity contribution in [3.05, 3.63) is 87.9 Å². The molecular formula is C29H38N2O3S. The molecule has 6 heteroatoms. The van der Waals surface area contributed by atoms with Gasteiger partial charge in [0.05, 0.1) is 17.2 Å². The first-order valence-corrected chi connectivity index (χ1v) is 13.2. The third-order valence-electron chi connectivity index (χ3n) is 5.73. The van der Waals surface area contributed by atoms with Gasteiger partial charge in [0.1, 0.15) is 5.60 Å². The molecule has 0 saturated carbocycles. The van der Waals surface area contributed by atoms with Gasteiger partial charge < -0.3 is 15.2 Å². The second kappa shape index (κ2) is 12.8. The zero-order chi connectivity index (χ0) is 25.3. The van der Waals surface area contributed by atoms with Gasteiger partial charge in [0.25, 0.3) is 0 Å². The Kier molecular flexibility index (Phi) is 9.87. The lowest BCUT2D eigenvalue weighted by Gasteiger charge is -2.29. The predicted molar refractivity (Wildman–Crippen MR) is 143 cm³/mol. The number of aliphatic hydroxyl groups is 1. The van der Waals surface area contributed by atoms with E-state index in [2.05, 4.69) is 24.4 Å². The molecular weight excluding hydrogens is 456 g/mol. The molecule has 3 rings (SSSR count). The molecule has 188 valence electrons. The van der Waals surface area contributed by atoms with E-state index < -0.39 is 23.8 Å². The number of aryl methyl sites for hydroxylation is 1. The van der Waals surface area contributed by atoms with Crippen molar-refractivity contribution in [2.75, 3.05) is 0 Å². The Bertz CT molecular complexity index is 1030. The number of hydrogen-bond acceptors (Lipinski definition) is 5. The molecule has 1 aromatic heterocycles. The maximum absolute atomic E-state index is 12.6. The minimum absolute atomic E-state index is 0.0433. The Morgan fingerprint density at radius 3 is 2.20 bits per heavy atom. The van der Waals surface area contributed by atoms with Crippen LogP contribution in [-0.2, 0) is 24.0 Å². The van der Waals surface area contributed by atoms with Crippen LogP contribution >= 0.6 is 11.3 Å². The highest BCUT2D eigenvalue weighted by Gasteiger charge is 2.29. The fraction of sp³-hybridized carbons (Fsp3) is 0.448. The minimum atomic E-state index is -0.769. The summed E-state index contributed by atoms with van der Waals surface area (Å²) >= 11 is 1.73. The van der Waals surface area contributed by atoms with Crippen molar-refractivity contribution in [1.29, 1.82) is 0 Å². The van der Waals surface area contributed by atoms with Gasteiger partial charge in [-0.15, -0.1) is 11.3 Å². The van der Waals surface area contributed by atoms with Gasteiger partial charge in [0, 0.05) is 17.0 Å². The number of carbonyl (C=O) groups excluding carboxylic acids is 1. The molecule has 0 aliphatic rings. The number of benzene rings is 2. The highest BCUT2D eigenvalue weighted by atomic mass is 32.1. The number of rotatable bonds is 11. The van der Waals surface area contributed by atoms with Gasteiger partial charge in [-0.3, -0.25) is 0 Å². The van der Waals surface area contributed by atoms with Gasteiger partial charge in [0.15, 0.2) is 0 Å². The maximum Gasteiger partial charge on any atom is 0.407 e. The first-order chi connectivity index (χ1) is 16.7. The Morgan fingerprint density at radius 1 is 1.03 bits per heavy atom. The number of aliphatic hydroxyl groups excluding tert-OH is 1. The van der Waals surface area contributed by atoms with Crippen molar-refractivity contribution in [2.45, 2.75) is 83.5 Å². The minimum Gasteiger partial charge on any atom is -0.444 e. The Balaban J connectivity index is 1.82. The van der Waals surface area contributed by atoms with Crippen LogP contribution in [0.3, 0.4) is 0 Å². The largest absolute Gasteiger partial charge is 0.444 e. The molecule has 0 unspecified atom stereocenters. The van der Waals surface area contributed by atoms with Gasteiger partial charge in [0.2, 0.25) is 0 Å². The van der Waals surface area contributed by atoms with Crippen molar-refractivity contribution >= 4 is 17.4 Å². The zero-order valence-corrected chi connectivity index (χ0v) is 22.1. The van der Waals surface area contributed by atoms with E-state index in [9.17, 15) is 9.90 Å². The van der Waals surface area contributed by atoms with Crippen molar-refractivity contribution in [1.82, 2.24) is 10.3 Å². The van der Waals surface area contributed by atoms with Gasteiger partial charge in [-0.05, 0) is 57.6 Å². The van der Waals surface area contributed by atoms with Gasteiger partial charge in [-0.25, -0.2) is 9.78 Å². The molecule has 3 aromatic rings. The molecule has 0 radical (unpaired) electrons. The van der Waals surface area contributed by atoms with Crippen LogP contribution in [0.2, 0.25) is 0 Å². The Labute approximate surface area is 213 Å². The second-order valence-corrected chi connectivity index (χ2v) is 11.2. The van der Waals surface area contributed by atoms with Crippen molar-refractivity contribution in [3.8, 4) is 0 Å². The summed E-state index contributed by atoms with van der Waals surface area (Å²) < 4.78 is 5.50. The first kappa shape index (κ1) is 26.9. The molecule has 0 aliphatic carbocycles. The number of aromatic nitrogens is 1. The summed E-state index contributed by atoms with van der Waals surface area (Å²) in [6, 6.07) is 19.7. The zero-order valence-electron chi connectivity index (χ0n) is 21.2. The number of thiazole rings is 1. The van der Waals surface area contributed by atoms with Crippen molar-refractivity contribution in [3.63, 3.8) is 0 Å². The average Bonchev–Trinajstić information content (AvgIpc) is 3.27. The fourth-order valence-corrected chi connectivity index (χ4v) is 5.24. The standard InChI is InChI=1S/C29H38N2O3S/c1-5-12-24-20-30-27(35-24)23(17-21-13-8-6-9-14-21)19-26(32)25(18-22-15-10-7-11-16-22)31-28(33)34-29(2,3)4/h6-11,13-16,20,23,25-26,32H,5,12,17-19H2,1-4H3,(H,31,33)/t23-,25-,26-/m0/s1. The second-order valence-electron chi connectivity index (χ2n) is 10.0. The summed E-state index contributed by atoms with van der Waals surface area (Å²) in [5, 5.41) is 15.4. The van der Waals surface area contributed by atoms with Crippen LogP contribution in [0.15, 0.2) is 66.9 Å². The molecule has 5 nitrogen and oxygen atoms in total. The molecule has 1 amide bonds. The number of nitrogens with zero attached hydrogens (tertiary/aromatic N) is 1. The van der Waals surface area contributed by atoms with Gasteiger partial charge in [-0.1, -0.05) is 74.0 Å². The topological polar surface area (TPSA) is 71.5 Å². The molecule has 0 fully saturated rings. The number of alkyl carbamates (subject to hydrolysis) is 1. The van der Waals surface area contributed by atoms with Crippen LogP contribution < -0.4 is 5.32 Å². The molecule has 35 heavy (non-hydrogen) atoms. The summed E-state index contributed by atoms with van der Waals surface area (Å²) in [5.41, 5.74) is 1.64. The van der Waals surface area contributed by atoms with Crippen LogP contribution in [0.4, 0.5) is 4.79 Å². The SMILES string of the molecule is CCCc1cnc([C@@H](Cc2ccccc2)C[C@H](O)[C@H](Cc2ccccc2)NC(=O)OC(C)(C)C)s1. The average molecular weight is 495 g/mol. The molecule has 1 heterocycles. The van der Waals surface area contributed by atoms with E-state index >= 15 is 0 Å². The van der Waals surface area contributed by atoms with E-state index in [4.69, 9.17) is 9.72 Å². The smallest absolute Gasteiger partial charge is 0.407 e. The normalized spacial score (nSPS) is 14.2. The summed E-state index contributed by atoms with van der Waals surface area (Å²) in [4.78, 5) is 18.6. The Hall–Kier alpha value is -2.70. The van der Waals surface area contributed by atoms with Crippen LogP contribution in [0.1, 0.15) is 67.5 Å². The predicted octanol–water partition coefficient (Wildman–Crippen LogP) is 6.31. The van der Waals surface area contributed by atoms with Crippen LogP contribution in [-0.4, -0.2) is 33.9 Å². The highest BCUT2D eigenvalue weighted by molar-refractivity contribution is 7.11. The lowest BCUT2D eigenvalue weighted by Crippen LogP contribution is -2.47. The van der Waals surface area contributed by atoms with E-state index in [0.29, 0.717) is 12.8 Å². The van der Waals surface area contributed by atoms with E-state index in [1.165, 1.54) is 10.4 Å². The van der Waals surface area contributed by atoms with E-state index in [1.807, 2.05) is 75.5 Å². The lowest BCUT2D eigenvalue weighted by molar-refractivity contribution is 0.0405. The summed E-state index contributed by atoms with van der Waals surface area (Å²) in [5.74, 6) is 0.0433. The molecule has 0 spiro atoms. The quantitative estimate of drug-likeness (QED) is 0.328. The van der Waals surface area contributed by atoms with Gasteiger partial charge in [-0.2, -0.15) is 0 Å². The van der Waals surface area contributed by atoms with E-state index in [1.54, 1.807) is 11.3 Å². The highest BCUT2D eigenvalue weighted by Crippen LogP contribution is 2.31. The van der Waals surface area contributed by atoms with Gasteiger partial charge >= 0.3 is 6.09 Å². The molecule has 0 bridgehead atoms. The van der Waals surface area contributed by atoms with Crippen molar-refractivity contribution < 1.29 is 14.6 Å². The summed E-state index contributed by atoms with van der Waals surface area (Å²) in [6.07, 6.45) is 4.54. The van der Waals surface area contributed by atoms with Crippen LogP contribution in [0, 0.1) is 0 Å². The van der Waals surface area contributed by atoms with Crippen molar-refractivity contribution in [2.24, 2.45) is 0 Å². The first-order valence-electron chi connectivity index (χ1n) is 12.4. The molecule has 0 aliphatic heterocycles. The summed E-state index contributed by atoms with van der Waals surface area (Å²) in [7, 11) is 0. The molecule has 2 N–H and O–H groups in total. The number of carbonyl (C=O) groups is 1. The van der Waals surface area contributed by atoms with Crippen LogP contribution in [0.25, 0.3) is 0 Å². The monoisotopic (exact) mass is 494 g/mol. The Morgan fingerprint density at radius 2 is 1.63 bits per heavy atom. The molecule has 3 atom stereocenters. The number of ether oxygens (including phenoxy) is 1. The van der Waals surface area contributed by atoms with E-state index in [-0.39, 0.29) is 5.92 Å².